The Bertz CT molecular complexity index is 699. The summed E-state index contributed by atoms with van der Waals surface area (Å²) in [5.41, 5.74) is 0.993. The van der Waals surface area contributed by atoms with Gasteiger partial charge in [0, 0.05) is 24.8 Å². The van der Waals surface area contributed by atoms with Crippen molar-refractivity contribution in [3.05, 3.63) is 36.2 Å². The van der Waals surface area contributed by atoms with Gasteiger partial charge in [0.15, 0.2) is 0 Å². The lowest BCUT2D eigenvalue weighted by Gasteiger charge is -2.32. The predicted octanol–water partition coefficient (Wildman–Crippen LogP) is 4.55. The summed E-state index contributed by atoms with van der Waals surface area (Å²) < 4.78 is 5.69. The van der Waals surface area contributed by atoms with Crippen LogP contribution in [0.3, 0.4) is 0 Å². The number of nitrogens with zero attached hydrogens (tertiary/aromatic N) is 3. The number of hydrogen-bond donors (Lipinski definition) is 1. The molecule has 1 unspecified atom stereocenters. The predicted molar refractivity (Wildman–Crippen MR) is 103 cm³/mol. The molecule has 1 atom stereocenters. The van der Waals surface area contributed by atoms with Gasteiger partial charge in [0.25, 0.3) is 0 Å². The molecular weight excluding hydrogens is 312 g/mol. The Kier molecular flexibility index (Phi) is 5.41. The SMILES string of the molecule is Cc1nc(Nc2ccc(OC(C)C)cc2)cc(N2CCCC(C)C2)n1. The van der Waals surface area contributed by atoms with Gasteiger partial charge in [-0.15, -0.1) is 0 Å². The van der Waals surface area contributed by atoms with E-state index in [1.807, 2.05) is 51.1 Å². The zero-order valence-electron chi connectivity index (χ0n) is 15.6. The monoisotopic (exact) mass is 340 g/mol. The second-order valence-corrected chi connectivity index (χ2v) is 7.17. The quantitative estimate of drug-likeness (QED) is 0.865. The number of aromatic nitrogens is 2. The van der Waals surface area contributed by atoms with Gasteiger partial charge in [-0.2, -0.15) is 0 Å². The Morgan fingerprint density at radius 1 is 1.20 bits per heavy atom. The standard InChI is InChI=1S/C20H28N4O/c1-14(2)25-18-9-7-17(8-10-18)23-19-12-20(22-16(4)21-19)24-11-5-6-15(3)13-24/h7-10,12,14-15H,5-6,11,13H2,1-4H3,(H,21,22,23). The molecule has 0 radical (unpaired) electrons. The van der Waals surface area contributed by atoms with E-state index in [1.54, 1.807) is 0 Å². The molecule has 2 aromatic rings. The number of hydrogen-bond acceptors (Lipinski definition) is 5. The molecule has 1 saturated heterocycles. The summed E-state index contributed by atoms with van der Waals surface area (Å²) in [4.78, 5) is 11.5. The van der Waals surface area contributed by atoms with E-state index in [9.17, 15) is 0 Å². The third-order valence-corrected chi connectivity index (χ3v) is 4.30. The van der Waals surface area contributed by atoms with Gasteiger partial charge in [0.1, 0.15) is 23.2 Å². The second-order valence-electron chi connectivity index (χ2n) is 7.17. The van der Waals surface area contributed by atoms with E-state index in [-0.39, 0.29) is 6.10 Å². The lowest BCUT2D eigenvalue weighted by atomic mass is 10.0. The number of rotatable bonds is 5. The molecule has 0 aliphatic carbocycles. The van der Waals surface area contributed by atoms with Gasteiger partial charge in [-0.1, -0.05) is 6.92 Å². The molecule has 0 saturated carbocycles. The van der Waals surface area contributed by atoms with Crippen LogP contribution in [0.4, 0.5) is 17.3 Å². The van der Waals surface area contributed by atoms with Gasteiger partial charge >= 0.3 is 0 Å². The number of anilines is 3. The van der Waals surface area contributed by atoms with E-state index in [1.165, 1.54) is 12.8 Å². The molecule has 1 N–H and O–H groups in total. The molecule has 0 spiro atoms. The van der Waals surface area contributed by atoms with Crippen LogP contribution in [0.2, 0.25) is 0 Å². The van der Waals surface area contributed by atoms with Crippen LogP contribution in [0.25, 0.3) is 0 Å². The van der Waals surface area contributed by atoms with Crippen molar-refractivity contribution in [2.45, 2.75) is 46.6 Å². The Morgan fingerprint density at radius 2 is 1.96 bits per heavy atom. The van der Waals surface area contributed by atoms with Crippen LogP contribution in [0, 0.1) is 12.8 Å². The van der Waals surface area contributed by atoms with Crippen molar-refractivity contribution >= 4 is 17.3 Å². The average molecular weight is 340 g/mol. The zero-order chi connectivity index (χ0) is 17.8. The van der Waals surface area contributed by atoms with Crippen LogP contribution in [0.15, 0.2) is 30.3 Å². The van der Waals surface area contributed by atoms with Gasteiger partial charge in [0.2, 0.25) is 0 Å². The molecule has 2 heterocycles. The molecule has 25 heavy (non-hydrogen) atoms. The Labute approximate surface area is 150 Å². The molecule has 0 bridgehead atoms. The molecule has 0 amide bonds. The molecule has 1 aliphatic rings. The van der Waals surface area contributed by atoms with Crippen molar-refractivity contribution in [3.63, 3.8) is 0 Å². The first kappa shape index (κ1) is 17.5. The first-order valence-electron chi connectivity index (χ1n) is 9.14. The fraction of sp³-hybridized carbons (Fsp3) is 0.500. The number of nitrogens with one attached hydrogen (secondary N) is 1. The van der Waals surface area contributed by atoms with Crippen LogP contribution in [0.5, 0.6) is 5.75 Å². The Balaban J connectivity index is 1.74. The van der Waals surface area contributed by atoms with Gasteiger partial charge in [0.05, 0.1) is 6.10 Å². The van der Waals surface area contributed by atoms with Crippen molar-refractivity contribution < 1.29 is 4.74 Å². The summed E-state index contributed by atoms with van der Waals surface area (Å²) in [5, 5.41) is 3.38. The lowest BCUT2D eigenvalue weighted by Crippen LogP contribution is -2.35. The molecule has 5 heteroatoms. The largest absolute Gasteiger partial charge is 0.491 e. The Morgan fingerprint density at radius 3 is 2.64 bits per heavy atom. The molecular formula is C20H28N4O. The van der Waals surface area contributed by atoms with E-state index < -0.39 is 0 Å². The highest BCUT2D eigenvalue weighted by Crippen LogP contribution is 2.25. The smallest absolute Gasteiger partial charge is 0.136 e. The van der Waals surface area contributed by atoms with Gasteiger partial charge < -0.3 is 15.0 Å². The normalized spacial score (nSPS) is 17.6. The fourth-order valence-electron chi connectivity index (χ4n) is 3.21. The highest BCUT2D eigenvalue weighted by molar-refractivity contribution is 5.60. The van der Waals surface area contributed by atoms with Crippen LogP contribution in [-0.4, -0.2) is 29.2 Å². The average Bonchev–Trinajstić information content (AvgIpc) is 2.56. The molecule has 1 aliphatic heterocycles. The van der Waals surface area contributed by atoms with Crippen LogP contribution >= 0.6 is 0 Å². The van der Waals surface area contributed by atoms with Crippen molar-refractivity contribution in [2.75, 3.05) is 23.3 Å². The highest BCUT2D eigenvalue weighted by Gasteiger charge is 2.18. The summed E-state index contributed by atoms with van der Waals surface area (Å²) in [5.74, 6) is 4.23. The molecule has 1 aromatic carbocycles. The maximum atomic E-state index is 5.69. The molecule has 1 fully saturated rings. The number of ether oxygens (including phenoxy) is 1. The van der Waals surface area contributed by atoms with E-state index in [4.69, 9.17) is 4.74 Å². The van der Waals surface area contributed by atoms with Gasteiger partial charge in [-0.05, 0) is 63.8 Å². The topological polar surface area (TPSA) is 50.3 Å². The second kappa shape index (κ2) is 7.72. The first-order valence-corrected chi connectivity index (χ1v) is 9.14. The number of aryl methyl sites for hydroxylation is 1. The van der Waals surface area contributed by atoms with Gasteiger partial charge in [-0.3, -0.25) is 0 Å². The zero-order valence-corrected chi connectivity index (χ0v) is 15.6. The number of benzene rings is 1. The Hall–Kier alpha value is -2.30. The van der Waals surface area contributed by atoms with Crippen molar-refractivity contribution in [1.82, 2.24) is 9.97 Å². The van der Waals surface area contributed by atoms with E-state index in [0.29, 0.717) is 5.92 Å². The molecule has 5 nitrogen and oxygen atoms in total. The summed E-state index contributed by atoms with van der Waals surface area (Å²) in [6.07, 6.45) is 2.71. The first-order chi connectivity index (χ1) is 12.0. The van der Waals surface area contributed by atoms with Crippen molar-refractivity contribution in [3.8, 4) is 5.75 Å². The maximum absolute atomic E-state index is 5.69. The third kappa shape index (κ3) is 4.84. The summed E-state index contributed by atoms with van der Waals surface area (Å²) in [7, 11) is 0. The maximum Gasteiger partial charge on any atom is 0.136 e. The van der Waals surface area contributed by atoms with Crippen LogP contribution in [-0.2, 0) is 0 Å². The highest BCUT2D eigenvalue weighted by atomic mass is 16.5. The summed E-state index contributed by atoms with van der Waals surface area (Å²) in [6, 6.07) is 10.0. The van der Waals surface area contributed by atoms with Crippen molar-refractivity contribution in [2.24, 2.45) is 5.92 Å². The van der Waals surface area contributed by atoms with E-state index in [2.05, 4.69) is 27.1 Å². The lowest BCUT2D eigenvalue weighted by molar-refractivity contribution is 0.242. The number of piperidine rings is 1. The molecule has 134 valence electrons. The summed E-state index contributed by atoms with van der Waals surface area (Å²) >= 11 is 0. The van der Waals surface area contributed by atoms with Crippen LogP contribution in [0.1, 0.15) is 39.4 Å². The minimum absolute atomic E-state index is 0.179. The minimum atomic E-state index is 0.179. The minimum Gasteiger partial charge on any atom is -0.491 e. The van der Waals surface area contributed by atoms with Crippen molar-refractivity contribution in [1.29, 1.82) is 0 Å². The third-order valence-electron chi connectivity index (χ3n) is 4.30. The fourth-order valence-corrected chi connectivity index (χ4v) is 3.21. The summed E-state index contributed by atoms with van der Waals surface area (Å²) in [6.45, 7) is 10.4. The van der Waals surface area contributed by atoms with Gasteiger partial charge in [-0.25, -0.2) is 9.97 Å². The van der Waals surface area contributed by atoms with Crippen LogP contribution < -0.4 is 15.0 Å². The molecule has 3 rings (SSSR count). The van der Waals surface area contributed by atoms with E-state index in [0.717, 1.165) is 42.0 Å². The van der Waals surface area contributed by atoms with E-state index >= 15 is 0 Å². The molecule has 1 aromatic heterocycles.